The highest BCUT2D eigenvalue weighted by molar-refractivity contribution is 5.95. The molecule has 0 saturated heterocycles. The van der Waals surface area contributed by atoms with Crippen molar-refractivity contribution in [1.82, 2.24) is 10.6 Å². The summed E-state index contributed by atoms with van der Waals surface area (Å²) in [5, 5.41) is 25.9. The second-order valence-electron chi connectivity index (χ2n) is 4.91. The Morgan fingerprint density at radius 1 is 1.38 bits per heavy atom. The Balaban J connectivity index is 2.66. The summed E-state index contributed by atoms with van der Waals surface area (Å²) in [5.74, 6) is -1.51. The maximum atomic E-state index is 12.0. The van der Waals surface area contributed by atoms with E-state index in [0.29, 0.717) is 0 Å². The van der Waals surface area contributed by atoms with Gasteiger partial charge in [-0.15, -0.1) is 0 Å². The Kier molecular flexibility index (Phi) is 4.58. The molecule has 2 rings (SSSR count). The van der Waals surface area contributed by atoms with Crippen LogP contribution in [0.4, 0.5) is 10.5 Å². The molecular weight excluding hydrogens is 322 g/mol. The third-order valence-corrected chi connectivity index (χ3v) is 3.50. The summed E-state index contributed by atoms with van der Waals surface area (Å²) in [4.78, 5) is 34.1. The number of esters is 1. The summed E-state index contributed by atoms with van der Waals surface area (Å²) in [7, 11) is 2.40. The maximum absolute atomic E-state index is 12.0. The molecule has 0 aromatic heterocycles. The van der Waals surface area contributed by atoms with E-state index in [-0.39, 0.29) is 22.6 Å². The van der Waals surface area contributed by atoms with E-state index in [4.69, 9.17) is 9.47 Å². The van der Waals surface area contributed by atoms with Gasteiger partial charge in [-0.3, -0.25) is 10.1 Å². The van der Waals surface area contributed by atoms with Gasteiger partial charge in [0.25, 0.3) is 0 Å². The Labute approximate surface area is 136 Å². The molecule has 24 heavy (non-hydrogen) atoms. The summed E-state index contributed by atoms with van der Waals surface area (Å²) < 4.78 is 9.63. The van der Waals surface area contributed by atoms with Crippen molar-refractivity contribution < 1.29 is 29.1 Å². The Hall–Kier alpha value is -3.30. The van der Waals surface area contributed by atoms with E-state index in [0.717, 1.165) is 6.07 Å². The van der Waals surface area contributed by atoms with Crippen LogP contribution < -0.4 is 15.4 Å². The second kappa shape index (κ2) is 6.44. The molecule has 10 heteroatoms. The Morgan fingerprint density at radius 2 is 2.04 bits per heavy atom. The lowest BCUT2D eigenvalue weighted by Crippen LogP contribution is -2.45. The van der Waals surface area contributed by atoms with E-state index in [1.165, 1.54) is 27.2 Å². The van der Waals surface area contributed by atoms with Gasteiger partial charge in [0.15, 0.2) is 5.75 Å². The zero-order valence-corrected chi connectivity index (χ0v) is 13.1. The monoisotopic (exact) mass is 337 g/mol. The highest BCUT2D eigenvalue weighted by Gasteiger charge is 2.34. The minimum Gasteiger partial charge on any atom is -0.500 e. The van der Waals surface area contributed by atoms with Crippen LogP contribution in [0, 0.1) is 10.1 Å². The van der Waals surface area contributed by atoms with Crippen LogP contribution in [0.3, 0.4) is 0 Å². The molecule has 128 valence electrons. The van der Waals surface area contributed by atoms with E-state index in [9.17, 15) is 24.8 Å². The van der Waals surface area contributed by atoms with Crippen molar-refractivity contribution in [3.8, 4) is 11.5 Å². The van der Waals surface area contributed by atoms with Crippen LogP contribution in [0.25, 0.3) is 0 Å². The number of allylic oxidation sites excluding steroid dienone is 1. The van der Waals surface area contributed by atoms with Crippen molar-refractivity contribution in [3.63, 3.8) is 0 Å². The molecule has 0 bridgehead atoms. The lowest BCUT2D eigenvalue weighted by molar-refractivity contribution is -0.386. The van der Waals surface area contributed by atoms with Gasteiger partial charge in [-0.25, -0.2) is 9.59 Å². The predicted octanol–water partition coefficient (Wildman–Crippen LogP) is 1.11. The highest BCUT2D eigenvalue weighted by atomic mass is 16.6. The molecule has 0 aliphatic carbocycles. The fraction of sp³-hybridized carbons (Fsp3) is 0.286. The summed E-state index contributed by atoms with van der Waals surface area (Å²) >= 11 is 0. The molecule has 1 aromatic carbocycles. The zero-order valence-electron chi connectivity index (χ0n) is 13.1. The number of hydrogen-bond acceptors (Lipinski definition) is 7. The molecule has 0 unspecified atom stereocenters. The number of nitrogens with one attached hydrogen (secondary N) is 2. The molecule has 1 aliphatic rings. The standard InChI is InChI=1S/C14H15N3O7/c1-6-10(13(19)24-3)11(16-14(20)15-6)7-4-8(17(21)22)12(18)9(5-7)23-2/h4-5,11,18H,1-3H3,(H2,15,16,20)/t11-/m0/s1. The van der Waals surface area contributed by atoms with Gasteiger partial charge in [-0.1, -0.05) is 0 Å². The molecule has 1 aliphatic heterocycles. The number of nitro benzene ring substituents is 1. The molecular formula is C14H15N3O7. The number of ether oxygens (including phenoxy) is 2. The Bertz CT molecular complexity index is 757. The zero-order chi connectivity index (χ0) is 18.0. The molecule has 0 saturated carbocycles. The van der Waals surface area contributed by atoms with Crippen LogP contribution in [0.1, 0.15) is 18.5 Å². The van der Waals surface area contributed by atoms with Crippen molar-refractivity contribution in [2.75, 3.05) is 14.2 Å². The van der Waals surface area contributed by atoms with Crippen molar-refractivity contribution in [3.05, 3.63) is 39.1 Å². The topological polar surface area (TPSA) is 140 Å². The van der Waals surface area contributed by atoms with Gasteiger partial charge < -0.3 is 25.2 Å². The van der Waals surface area contributed by atoms with Crippen LogP contribution in [-0.4, -0.2) is 36.2 Å². The van der Waals surface area contributed by atoms with Crippen molar-refractivity contribution >= 4 is 17.7 Å². The van der Waals surface area contributed by atoms with Crippen molar-refractivity contribution in [1.29, 1.82) is 0 Å². The van der Waals surface area contributed by atoms with E-state index >= 15 is 0 Å². The van der Waals surface area contributed by atoms with Gasteiger partial charge in [0.2, 0.25) is 5.75 Å². The molecule has 0 radical (unpaired) electrons. The van der Waals surface area contributed by atoms with Gasteiger partial charge >= 0.3 is 17.7 Å². The number of phenolic OH excluding ortho intramolecular Hbond substituents is 1. The minimum atomic E-state index is -1.00. The second-order valence-corrected chi connectivity index (χ2v) is 4.91. The van der Waals surface area contributed by atoms with Crippen LogP contribution >= 0.6 is 0 Å². The first-order chi connectivity index (χ1) is 11.3. The third-order valence-electron chi connectivity index (χ3n) is 3.50. The molecule has 0 fully saturated rings. The van der Waals surface area contributed by atoms with Crippen LogP contribution in [0.2, 0.25) is 0 Å². The van der Waals surface area contributed by atoms with E-state index in [1.54, 1.807) is 0 Å². The van der Waals surface area contributed by atoms with E-state index in [2.05, 4.69) is 10.6 Å². The molecule has 10 nitrogen and oxygen atoms in total. The van der Waals surface area contributed by atoms with E-state index in [1.807, 2.05) is 0 Å². The summed E-state index contributed by atoms with van der Waals surface area (Å²) in [5.41, 5.74) is -0.0885. The normalized spacial score (nSPS) is 17.0. The van der Waals surface area contributed by atoms with E-state index < -0.39 is 34.4 Å². The number of urea groups is 1. The first-order valence-electron chi connectivity index (χ1n) is 6.72. The average molecular weight is 337 g/mol. The quantitative estimate of drug-likeness (QED) is 0.424. The molecule has 1 atom stereocenters. The van der Waals surface area contributed by atoms with Crippen molar-refractivity contribution in [2.24, 2.45) is 0 Å². The lowest BCUT2D eigenvalue weighted by atomic mass is 9.94. The number of phenols is 1. The van der Waals surface area contributed by atoms with Gasteiger partial charge in [0.05, 0.1) is 30.8 Å². The number of methoxy groups -OCH3 is 2. The number of rotatable bonds is 4. The largest absolute Gasteiger partial charge is 0.500 e. The Morgan fingerprint density at radius 3 is 2.58 bits per heavy atom. The van der Waals surface area contributed by atoms with Gasteiger partial charge in [0.1, 0.15) is 0 Å². The smallest absolute Gasteiger partial charge is 0.337 e. The first kappa shape index (κ1) is 17.1. The molecule has 3 N–H and O–H groups in total. The lowest BCUT2D eigenvalue weighted by Gasteiger charge is -2.28. The van der Waals surface area contributed by atoms with Gasteiger partial charge in [-0.05, 0) is 18.6 Å². The molecule has 2 amide bonds. The fourth-order valence-electron chi connectivity index (χ4n) is 2.40. The van der Waals surface area contributed by atoms with Crippen LogP contribution in [0.15, 0.2) is 23.4 Å². The maximum Gasteiger partial charge on any atom is 0.337 e. The average Bonchev–Trinajstić information content (AvgIpc) is 2.53. The number of nitro groups is 1. The molecule has 1 heterocycles. The first-order valence-corrected chi connectivity index (χ1v) is 6.72. The number of amides is 2. The van der Waals surface area contributed by atoms with Crippen molar-refractivity contribution in [2.45, 2.75) is 13.0 Å². The number of carbonyl (C=O) groups excluding carboxylic acids is 2. The third kappa shape index (κ3) is 2.93. The van der Waals surface area contributed by atoms with Crippen LogP contribution in [0.5, 0.6) is 11.5 Å². The minimum absolute atomic E-state index is 0.0825. The number of hydrogen-bond donors (Lipinski definition) is 3. The fourth-order valence-corrected chi connectivity index (χ4v) is 2.40. The van der Waals surface area contributed by atoms with Crippen LogP contribution in [-0.2, 0) is 9.53 Å². The number of benzene rings is 1. The van der Waals surface area contributed by atoms with Gasteiger partial charge in [-0.2, -0.15) is 0 Å². The number of aromatic hydroxyl groups is 1. The number of nitrogens with zero attached hydrogens (tertiary/aromatic N) is 1. The highest BCUT2D eigenvalue weighted by Crippen LogP contribution is 2.40. The summed E-state index contributed by atoms with van der Waals surface area (Å²) in [6.45, 7) is 1.50. The predicted molar refractivity (Wildman–Crippen MR) is 80.4 cm³/mol. The van der Waals surface area contributed by atoms with Gasteiger partial charge in [0, 0.05) is 11.8 Å². The number of carbonyl (C=O) groups is 2. The molecule has 0 spiro atoms. The summed E-state index contributed by atoms with van der Waals surface area (Å²) in [6.07, 6.45) is 0. The SMILES string of the molecule is COC(=O)C1=C(C)NC(=O)N[C@H]1c1cc(OC)c(O)c([N+](=O)[O-])c1. The molecule has 1 aromatic rings. The summed E-state index contributed by atoms with van der Waals surface area (Å²) in [6, 6.07) is 0.776.